The second kappa shape index (κ2) is 6.95. The van der Waals surface area contributed by atoms with Gasteiger partial charge in [-0.15, -0.1) is 34.5 Å². The van der Waals surface area contributed by atoms with Gasteiger partial charge in [-0.1, -0.05) is 28.1 Å². The van der Waals surface area contributed by atoms with E-state index in [9.17, 15) is 0 Å². The van der Waals surface area contributed by atoms with Crippen molar-refractivity contribution in [2.75, 3.05) is 11.8 Å². The van der Waals surface area contributed by atoms with E-state index in [0.29, 0.717) is 11.8 Å². The molecule has 0 aliphatic heterocycles. The molecule has 0 amide bonds. The summed E-state index contributed by atoms with van der Waals surface area (Å²) in [6.45, 7) is 0. The van der Waals surface area contributed by atoms with Crippen molar-refractivity contribution in [1.29, 1.82) is 0 Å². The molecule has 0 bridgehead atoms. The molecule has 0 radical (unpaired) electrons. The van der Waals surface area contributed by atoms with Gasteiger partial charge in [0.15, 0.2) is 0 Å². The Morgan fingerprint density at radius 2 is 1.79 bits per heavy atom. The van der Waals surface area contributed by atoms with Crippen molar-refractivity contribution in [3.8, 4) is 0 Å². The van der Waals surface area contributed by atoms with E-state index in [0.717, 1.165) is 14.7 Å². The molecule has 0 fully saturated rings. The van der Waals surface area contributed by atoms with Crippen molar-refractivity contribution in [2.45, 2.75) is 11.8 Å². The van der Waals surface area contributed by atoms with Crippen molar-refractivity contribution >= 4 is 66.4 Å². The largest absolute Gasteiger partial charge is 0.133 e. The third kappa shape index (κ3) is 3.76. The molecule has 2 aromatic rings. The molecule has 1 aromatic heterocycles. The Balaban J connectivity index is 2.37. The van der Waals surface area contributed by atoms with E-state index >= 15 is 0 Å². The van der Waals surface area contributed by atoms with Gasteiger partial charge < -0.3 is 0 Å². The van der Waals surface area contributed by atoms with Crippen LogP contribution in [-0.4, -0.2) is 11.8 Å². The highest BCUT2D eigenvalue weighted by Gasteiger charge is 2.31. The van der Waals surface area contributed by atoms with E-state index in [2.05, 4.69) is 56.1 Å². The Kier molecular flexibility index (Phi) is 5.79. The van der Waals surface area contributed by atoms with Crippen LogP contribution < -0.4 is 0 Å². The smallest absolute Gasteiger partial charge is 0.0701 e. The number of halogens is 4. The van der Waals surface area contributed by atoms with Gasteiger partial charge in [-0.3, -0.25) is 0 Å². The number of hydrogen-bond donors (Lipinski definition) is 0. The average molecular weight is 443 g/mol. The van der Waals surface area contributed by atoms with E-state index in [-0.39, 0.29) is 5.41 Å². The number of benzene rings is 1. The standard InChI is InChI=1S/C14H12Br2Cl2S/c15-11-3-1-2-10(6-11)14(8-17,9-18)7-12-4-5-13(16)19-12/h1-6H,7-9H2. The van der Waals surface area contributed by atoms with Crippen LogP contribution in [0.1, 0.15) is 10.4 Å². The zero-order chi connectivity index (χ0) is 13.9. The SMILES string of the molecule is ClCC(CCl)(Cc1ccc(Br)s1)c1cccc(Br)c1. The van der Waals surface area contributed by atoms with E-state index < -0.39 is 0 Å². The van der Waals surface area contributed by atoms with Crippen LogP contribution in [0.2, 0.25) is 0 Å². The fourth-order valence-electron chi connectivity index (χ4n) is 1.99. The minimum absolute atomic E-state index is 0.225. The third-order valence-electron chi connectivity index (χ3n) is 3.09. The van der Waals surface area contributed by atoms with Crippen molar-refractivity contribution in [1.82, 2.24) is 0 Å². The maximum absolute atomic E-state index is 6.26. The quantitative estimate of drug-likeness (QED) is 0.481. The second-order valence-corrected chi connectivity index (χ2v) is 8.44. The van der Waals surface area contributed by atoms with Gasteiger partial charge in [0.2, 0.25) is 0 Å². The lowest BCUT2D eigenvalue weighted by molar-refractivity contribution is 0.541. The minimum atomic E-state index is -0.225. The zero-order valence-corrected chi connectivity index (χ0v) is 15.5. The first-order chi connectivity index (χ1) is 9.09. The van der Waals surface area contributed by atoms with E-state index in [4.69, 9.17) is 23.2 Å². The van der Waals surface area contributed by atoms with Crippen LogP contribution in [0.25, 0.3) is 0 Å². The fraction of sp³-hybridized carbons (Fsp3) is 0.286. The third-order valence-corrected chi connectivity index (χ3v) is 6.23. The highest BCUT2D eigenvalue weighted by Crippen LogP contribution is 2.35. The first-order valence-electron chi connectivity index (χ1n) is 5.72. The molecule has 0 spiro atoms. The van der Waals surface area contributed by atoms with E-state index in [1.807, 2.05) is 12.1 Å². The zero-order valence-electron chi connectivity index (χ0n) is 10.0. The second-order valence-electron chi connectivity index (χ2n) is 4.44. The van der Waals surface area contributed by atoms with Gasteiger partial charge in [-0.2, -0.15) is 0 Å². The molecule has 0 N–H and O–H groups in total. The Morgan fingerprint density at radius 3 is 2.32 bits per heavy atom. The van der Waals surface area contributed by atoms with Crippen LogP contribution in [0.5, 0.6) is 0 Å². The lowest BCUT2D eigenvalue weighted by atomic mass is 9.80. The summed E-state index contributed by atoms with van der Waals surface area (Å²) in [6, 6.07) is 12.4. The van der Waals surface area contributed by atoms with Gasteiger partial charge in [-0.25, -0.2) is 0 Å². The molecule has 0 unspecified atom stereocenters. The molecular weight excluding hydrogens is 431 g/mol. The Morgan fingerprint density at radius 1 is 1.05 bits per heavy atom. The first kappa shape index (κ1) is 15.8. The molecule has 0 saturated heterocycles. The topological polar surface area (TPSA) is 0 Å². The summed E-state index contributed by atoms with van der Waals surface area (Å²) in [7, 11) is 0. The molecular formula is C14H12Br2Cl2S. The first-order valence-corrected chi connectivity index (χ1v) is 9.19. The summed E-state index contributed by atoms with van der Waals surface area (Å²) in [4.78, 5) is 1.29. The maximum atomic E-state index is 6.26. The molecule has 19 heavy (non-hydrogen) atoms. The molecule has 0 aliphatic rings. The van der Waals surface area contributed by atoms with Crippen molar-refractivity contribution in [3.05, 3.63) is 55.1 Å². The Bertz CT molecular complexity index is 550. The lowest BCUT2D eigenvalue weighted by Gasteiger charge is -2.30. The van der Waals surface area contributed by atoms with Gasteiger partial charge in [0, 0.05) is 26.5 Å². The Hall–Kier alpha value is 0.460. The normalized spacial score (nSPS) is 11.8. The van der Waals surface area contributed by atoms with E-state index in [1.54, 1.807) is 11.3 Å². The number of rotatable bonds is 5. The summed E-state index contributed by atoms with van der Waals surface area (Å²) >= 11 is 21.3. The maximum Gasteiger partial charge on any atom is 0.0701 e. The number of hydrogen-bond acceptors (Lipinski definition) is 1. The van der Waals surface area contributed by atoms with Crippen molar-refractivity contribution in [3.63, 3.8) is 0 Å². The highest BCUT2D eigenvalue weighted by atomic mass is 79.9. The molecule has 1 heterocycles. The number of alkyl halides is 2. The average Bonchev–Trinajstić information content (AvgIpc) is 2.81. The van der Waals surface area contributed by atoms with E-state index in [1.165, 1.54) is 10.4 Å². The Labute approximate surface area is 144 Å². The van der Waals surface area contributed by atoms with Gasteiger partial charge in [0.1, 0.15) is 0 Å². The summed E-state index contributed by atoms with van der Waals surface area (Å²) in [5, 5.41) is 0. The van der Waals surface area contributed by atoms with Crippen molar-refractivity contribution in [2.24, 2.45) is 0 Å². The molecule has 0 atom stereocenters. The molecule has 0 saturated carbocycles. The van der Waals surface area contributed by atoms with Crippen LogP contribution in [0.3, 0.4) is 0 Å². The molecule has 5 heteroatoms. The predicted octanol–water partition coefficient (Wildman–Crippen LogP) is 6.23. The molecule has 2 rings (SSSR count). The lowest BCUT2D eigenvalue weighted by Crippen LogP contribution is -2.33. The summed E-state index contributed by atoms with van der Waals surface area (Å²) in [6.07, 6.45) is 0.854. The van der Waals surface area contributed by atoms with Crippen LogP contribution in [0.15, 0.2) is 44.7 Å². The molecule has 102 valence electrons. The summed E-state index contributed by atoms with van der Waals surface area (Å²) in [5.41, 5.74) is 0.952. The number of thiophene rings is 1. The highest BCUT2D eigenvalue weighted by molar-refractivity contribution is 9.11. The van der Waals surface area contributed by atoms with Gasteiger partial charge >= 0.3 is 0 Å². The van der Waals surface area contributed by atoms with Gasteiger partial charge in [0.05, 0.1) is 3.79 Å². The fourth-order valence-corrected chi connectivity index (χ4v) is 4.79. The summed E-state index contributed by atoms with van der Waals surface area (Å²) < 4.78 is 2.19. The van der Waals surface area contributed by atoms with Crippen LogP contribution >= 0.6 is 66.4 Å². The van der Waals surface area contributed by atoms with Crippen LogP contribution in [-0.2, 0) is 11.8 Å². The van der Waals surface area contributed by atoms with Crippen LogP contribution in [0, 0.1) is 0 Å². The van der Waals surface area contributed by atoms with Gasteiger partial charge in [0.25, 0.3) is 0 Å². The molecule has 1 aromatic carbocycles. The summed E-state index contributed by atoms with van der Waals surface area (Å²) in [5.74, 6) is 1.00. The minimum Gasteiger partial charge on any atom is -0.133 e. The molecule has 0 aliphatic carbocycles. The monoisotopic (exact) mass is 440 g/mol. The van der Waals surface area contributed by atoms with Crippen LogP contribution in [0.4, 0.5) is 0 Å². The predicted molar refractivity (Wildman–Crippen MR) is 93.0 cm³/mol. The van der Waals surface area contributed by atoms with Crippen molar-refractivity contribution < 1.29 is 0 Å². The van der Waals surface area contributed by atoms with Gasteiger partial charge in [-0.05, 0) is 52.2 Å². The molecule has 0 nitrogen and oxygen atoms in total.